The maximum absolute atomic E-state index is 12.8. The summed E-state index contributed by atoms with van der Waals surface area (Å²) in [5, 5.41) is 0. The topological polar surface area (TPSA) is 66.9 Å². The molecular weight excluding hydrogens is 352 g/mol. The number of ether oxygens (including phenoxy) is 1. The molecular formula is C19H22N2O4S. The van der Waals surface area contributed by atoms with Gasteiger partial charge in [-0.15, -0.1) is 0 Å². The number of sulfonamides is 1. The molecule has 0 unspecified atom stereocenters. The summed E-state index contributed by atoms with van der Waals surface area (Å²) >= 11 is 0. The van der Waals surface area contributed by atoms with Crippen LogP contribution < -0.4 is 9.64 Å². The van der Waals surface area contributed by atoms with Gasteiger partial charge in [0.25, 0.3) is 0 Å². The quantitative estimate of drug-likeness (QED) is 0.780. The van der Waals surface area contributed by atoms with E-state index in [4.69, 9.17) is 4.74 Å². The Morgan fingerprint density at radius 2 is 1.81 bits per heavy atom. The standard InChI is InChI=1S/C19H22N2O4S/c1-20(14-15-6-3-4-7-18(15)25-2)26(23,24)17-11-9-16(10-12-17)21-13-5-8-19(21)22/h3-4,6-7,9-12H,5,8,13-14H2,1-2H3. The highest BCUT2D eigenvalue weighted by Crippen LogP contribution is 2.26. The third-order valence-electron chi connectivity index (χ3n) is 4.52. The highest BCUT2D eigenvalue weighted by molar-refractivity contribution is 7.89. The lowest BCUT2D eigenvalue weighted by Crippen LogP contribution is -2.27. The predicted molar refractivity (Wildman–Crippen MR) is 99.7 cm³/mol. The van der Waals surface area contributed by atoms with Gasteiger partial charge in [-0.05, 0) is 36.8 Å². The van der Waals surface area contributed by atoms with Crippen LogP contribution in [-0.4, -0.2) is 39.3 Å². The fraction of sp³-hybridized carbons (Fsp3) is 0.316. The first-order valence-corrected chi connectivity index (χ1v) is 9.86. The summed E-state index contributed by atoms with van der Waals surface area (Å²) in [4.78, 5) is 13.7. The van der Waals surface area contributed by atoms with Gasteiger partial charge in [-0.1, -0.05) is 18.2 Å². The predicted octanol–water partition coefficient (Wildman–Crippen LogP) is 2.64. The Morgan fingerprint density at radius 1 is 1.12 bits per heavy atom. The molecule has 6 nitrogen and oxygen atoms in total. The third kappa shape index (κ3) is 3.59. The Hall–Kier alpha value is -2.38. The molecule has 0 saturated carbocycles. The van der Waals surface area contributed by atoms with Crippen molar-refractivity contribution in [2.75, 3.05) is 25.6 Å². The van der Waals surface area contributed by atoms with E-state index in [0.29, 0.717) is 18.7 Å². The summed E-state index contributed by atoms with van der Waals surface area (Å²) in [6.45, 7) is 0.886. The molecule has 3 rings (SSSR count). The number of hydrogen-bond acceptors (Lipinski definition) is 4. The summed E-state index contributed by atoms with van der Waals surface area (Å²) in [6.07, 6.45) is 1.38. The average molecular weight is 374 g/mol. The van der Waals surface area contributed by atoms with Crippen molar-refractivity contribution in [3.05, 3.63) is 54.1 Å². The minimum absolute atomic E-state index is 0.0777. The number of nitrogens with zero attached hydrogens (tertiary/aromatic N) is 2. The third-order valence-corrected chi connectivity index (χ3v) is 6.33. The molecule has 138 valence electrons. The van der Waals surface area contributed by atoms with E-state index in [1.54, 1.807) is 49.4 Å². The van der Waals surface area contributed by atoms with Crippen LogP contribution in [0.3, 0.4) is 0 Å². The van der Waals surface area contributed by atoms with Gasteiger partial charge >= 0.3 is 0 Å². The van der Waals surface area contributed by atoms with Crippen LogP contribution in [0.2, 0.25) is 0 Å². The Labute approximate surface area is 154 Å². The lowest BCUT2D eigenvalue weighted by Gasteiger charge is -2.20. The van der Waals surface area contributed by atoms with Crippen molar-refractivity contribution in [1.82, 2.24) is 4.31 Å². The molecule has 1 aliphatic heterocycles. The molecule has 0 radical (unpaired) electrons. The van der Waals surface area contributed by atoms with Gasteiger partial charge in [0, 0.05) is 37.8 Å². The fourth-order valence-corrected chi connectivity index (χ4v) is 4.21. The highest BCUT2D eigenvalue weighted by atomic mass is 32.2. The number of para-hydroxylation sites is 1. The molecule has 2 aromatic carbocycles. The summed E-state index contributed by atoms with van der Waals surface area (Å²) in [7, 11) is -0.539. The van der Waals surface area contributed by atoms with Gasteiger partial charge in [-0.3, -0.25) is 4.79 Å². The first-order valence-electron chi connectivity index (χ1n) is 8.42. The van der Waals surface area contributed by atoms with Crippen molar-refractivity contribution in [3.8, 4) is 5.75 Å². The molecule has 7 heteroatoms. The Kier molecular flexibility index (Phi) is 5.29. The van der Waals surface area contributed by atoms with Gasteiger partial charge in [0.05, 0.1) is 12.0 Å². The molecule has 1 amide bonds. The lowest BCUT2D eigenvalue weighted by atomic mass is 10.2. The van der Waals surface area contributed by atoms with E-state index < -0.39 is 10.0 Å². The maximum atomic E-state index is 12.8. The molecule has 0 bridgehead atoms. The van der Waals surface area contributed by atoms with Crippen molar-refractivity contribution in [3.63, 3.8) is 0 Å². The maximum Gasteiger partial charge on any atom is 0.243 e. The van der Waals surface area contributed by atoms with E-state index in [2.05, 4.69) is 0 Å². The van der Waals surface area contributed by atoms with Crippen LogP contribution in [0.1, 0.15) is 18.4 Å². The number of carbonyl (C=O) groups is 1. The molecule has 26 heavy (non-hydrogen) atoms. The molecule has 1 fully saturated rings. The van der Waals surface area contributed by atoms with Gasteiger partial charge in [0.1, 0.15) is 5.75 Å². The van der Waals surface area contributed by atoms with Crippen LogP contribution in [0.4, 0.5) is 5.69 Å². The van der Waals surface area contributed by atoms with Crippen molar-refractivity contribution < 1.29 is 17.9 Å². The van der Waals surface area contributed by atoms with E-state index in [1.165, 1.54) is 4.31 Å². The molecule has 0 spiro atoms. The summed E-state index contributed by atoms with van der Waals surface area (Å²) in [6, 6.07) is 13.8. The summed E-state index contributed by atoms with van der Waals surface area (Å²) in [5.74, 6) is 0.728. The zero-order valence-corrected chi connectivity index (χ0v) is 15.7. The molecule has 1 heterocycles. The molecule has 0 aromatic heterocycles. The van der Waals surface area contributed by atoms with Gasteiger partial charge in [0.15, 0.2) is 0 Å². The number of rotatable bonds is 6. The molecule has 2 aromatic rings. The normalized spacial score (nSPS) is 14.9. The number of methoxy groups -OCH3 is 1. The number of anilines is 1. The second-order valence-electron chi connectivity index (χ2n) is 6.22. The van der Waals surface area contributed by atoms with E-state index in [-0.39, 0.29) is 17.3 Å². The highest BCUT2D eigenvalue weighted by Gasteiger charge is 2.24. The fourth-order valence-electron chi connectivity index (χ4n) is 3.06. The summed E-state index contributed by atoms with van der Waals surface area (Å²) in [5.41, 5.74) is 1.53. The van der Waals surface area contributed by atoms with Crippen molar-refractivity contribution in [2.24, 2.45) is 0 Å². The Morgan fingerprint density at radius 3 is 2.42 bits per heavy atom. The van der Waals surface area contributed by atoms with E-state index >= 15 is 0 Å². The number of carbonyl (C=O) groups excluding carboxylic acids is 1. The van der Waals surface area contributed by atoms with Gasteiger partial charge in [-0.2, -0.15) is 4.31 Å². The smallest absolute Gasteiger partial charge is 0.243 e. The van der Waals surface area contributed by atoms with Crippen LogP contribution in [0.5, 0.6) is 5.75 Å². The SMILES string of the molecule is COc1ccccc1CN(C)S(=O)(=O)c1ccc(N2CCCC2=O)cc1. The van der Waals surface area contributed by atoms with E-state index in [9.17, 15) is 13.2 Å². The van der Waals surface area contributed by atoms with Crippen LogP contribution in [0.25, 0.3) is 0 Å². The van der Waals surface area contributed by atoms with Gasteiger partial charge in [-0.25, -0.2) is 8.42 Å². The molecule has 0 aliphatic carbocycles. The van der Waals surface area contributed by atoms with Gasteiger partial charge < -0.3 is 9.64 Å². The molecule has 1 aliphatic rings. The molecule has 1 saturated heterocycles. The minimum atomic E-state index is -3.64. The van der Waals surface area contributed by atoms with Crippen molar-refractivity contribution in [2.45, 2.75) is 24.3 Å². The first-order chi connectivity index (χ1) is 12.4. The van der Waals surface area contributed by atoms with Crippen LogP contribution in [0, 0.1) is 0 Å². The lowest BCUT2D eigenvalue weighted by molar-refractivity contribution is -0.117. The Balaban J connectivity index is 1.79. The zero-order valence-electron chi connectivity index (χ0n) is 14.9. The minimum Gasteiger partial charge on any atom is -0.496 e. The first kappa shape index (κ1) is 18.4. The monoisotopic (exact) mass is 374 g/mol. The van der Waals surface area contributed by atoms with Crippen LogP contribution in [0.15, 0.2) is 53.4 Å². The average Bonchev–Trinajstić information content (AvgIpc) is 3.08. The number of benzene rings is 2. The summed E-state index contributed by atoms with van der Waals surface area (Å²) < 4.78 is 32.3. The number of amides is 1. The largest absolute Gasteiger partial charge is 0.496 e. The van der Waals surface area contributed by atoms with E-state index in [1.807, 2.05) is 18.2 Å². The van der Waals surface area contributed by atoms with Crippen LogP contribution >= 0.6 is 0 Å². The number of hydrogen-bond donors (Lipinski definition) is 0. The van der Waals surface area contributed by atoms with Crippen molar-refractivity contribution in [1.29, 1.82) is 0 Å². The second-order valence-corrected chi connectivity index (χ2v) is 8.26. The van der Waals surface area contributed by atoms with Gasteiger partial charge in [0.2, 0.25) is 15.9 Å². The Bertz CT molecular complexity index is 894. The molecule has 0 N–H and O–H groups in total. The second kappa shape index (κ2) is 7.47. The van der Waals surface area contributed by atoms with Crippen LogP contribution in [-0.2, 0) is 21.4 Å². The van der Waals surface area contributed by atoms with E-state index in [0.717, 1.165) is 17.7 Å². The molecule has 0 atom stereocenters. The zero-order chi connectivity index (χ0) is 18.7. The van der Waals surface area contributed by atoms with Crippen molar-refractivity contribution >= 4 is 21.6 Å².